The van der Waals surface area contributed by atoms with E-state index < -0.39 is 0 Å². The van der Waals surface area contributed by atoms with E-state index in [0.29, 0.717) is 31.8 Å². The van der Waals surface area contributed by atoms with Crippen molar-refractivity contribution in [1.82, 2.24) is 20.2 Å². The van der Waals surface area contributed by atoms with Crippen molar-refractivity contribution < 1.29 is 9.59 Å². The van der Waals surface area contributed by atoms with E-state index in [2.05, 4.69) is 29.1 Å². The highest BCUT2D eigenvalue weighted by molar-refractivity contribution is 7.20. The number of aromatic nitrogens is 2. The zero-order chi connectivity index (χ0) is 20.6. The van der Waals surface area contributed by atoms with Gasteiger partial charge in [0.15, 0.2) is 0 Å². The zero-order valence-electron chi connectivity index (χ0n) is 17.6. The Morgan fingerprint density at radius 2 is 1.75 bits per heavy atom. The van der Waals surface area contributed by atoms with Gasteiger partial charge in [0.1, 0.15) is 10.7 Å². The number of nitrogens with zero attached hydrogens (tertiary/aromatic N) is 3. The van der Waals surface area contributed by atoms with Crippen molar-refractivity contribution in [2.24, 2.45) is 11.8 Å². The minimum Gasteiger partial charge on any atom is -0.353 e. The van der Waals surface area contributed by atoms with Gasteiger partial charge >= 0.3 is 0 Å². The van der Waals surface area contributed by atoms with Crippen LogP contribution in [0.25, 0.3) is 10.2 Å². The minimum atomic E-state index is -0.00971. The Bertz CT molecular complexity index is 897. The highest BCUT2D eigenvalue weighted by Crippen LogP contribution is 2.33. The SMILES string of the molecule is Cc1nc(C)c2c(C)c(C(=O)N3CCC(C(=O)NC(C)C(C)C)CC3)sc2n1. The fourth-order valence-corrected chi connectivity index (χ4v) is 4.92. The maximum Gasteiger partial charge on any atom is 0.264 e. The van der Waals surface area contributed by atoms with Gasteiger partial charge in [0.25, 0.3) is 5.91 Å². The maximum atomic E-state index is 13.1. The Kier molecular flexibility index (Phi) is 6.03. The molecule has 1 aliphatic rings. The summed E-state index contributed by atoms with van der Waals surface area (Å²) in [6.07, 6.45) is 1.43. The number of carbonyl (C=O) groups excluding carboxylic acids is 2. The van der Waals surface area contributed by atoms with Crippen molar-refractivity contribution in [3.8, 4) is 0 Å². The molecule has 0 bridgehead atoms. The van der Waals surface area contributed by atoms with Gasteiger partial charge < -0.3 is 10.2 Å². The molecule has 1 unspecified atom stereocenters. The molecule has 1 N–H and O–H groups in total. The summed E-state index contributed by atoms with van der Waals surface area (Å²) in [5.41, 5.74) is 1.89. The van der Waals surface area contributed by atoms with Crippen LogP contribution in [0, 0.1) is 32.6 Å². The van der Waals surface area contributed by atoms with Crippen molar-refractivity contribution in [1.29, 1.82) is 0 Å². The van der Waals surface area contributed by atoms with Crippen LogP contribution in [0.4, 0.5) is 0 Å². The van der Waals surface area contributed by atoms with Crippen LogP contribution >= 0.6 is 11.3 Å². The average Bonchev–Trinajstić information content (AvgIpc) is 2.97. The first kappa shape index (κ1) is 20.7. The number of amides is 2. The molecule has 3 rings (SSSR count). The lowest BCUT2D eigenvalue weighted by atomic mass is 9.94. The van der Waals surface area contributed by atoms with Crippen LogP contribution in [0.5, 0.6) is 0 Å². The van der Waals surface area contributed by atoms with Crippen LogP contribution in [0.15, 0.2) is 0 Å². The third kappa shape index (κ3) is 4.04. The second-order valence-electron chi connectivity index (χ2n) is 8.20. The van der Waals surface area contributed by atoms with Crippen molar-refractivity contribution in [2.45, 2.75) is 60.4 Å². The monoisotopic (exact) mass is 402 g/mol. The van der Waals surface area contributed by atoms with Gasteiger partial charge in [0.2, 0.25) is 5.91 Å². The number of likely N-dealkylation sites (tertiary alicyclic amines) is 1. The molecule has 0 aliphatic carbocycles. The number of nitrogens with one attached hydrogen (secondary N) is 1. The number of hydrogen-bond donors (Lipinski definition) is 1. The van der Waals surface area contributed by atoms with Gasteiger partial charge in [0.05, 0.1) is 4.88 Å². The number of rotatable bonds is 4. The fraction of sp³-hybridized carbons (Fsp3) is 0.619. The summed E-state index contributed by atoms with van der Waals surface area (Å²) in [7, 11) is 0. The second kappa shape index (κ2) is 8.15. The van der Waals surface area contributed by atoms with E-state index in [0.717, 1.165) is 32.2 Å². The summed E-state index contributed by atoms with van der Waals surface area (Å²) in [5.74, 6) is 1.30. The number of aryl methyl sites for hydroxylation is 3. The van der Waals surface area contributed by atoms with Crippen molar-refractivity contribution in [3.63, 3.8) is 0 Å². The molecule has 1 aliphatic heterocycles. The molecule has 7 heteroatoms. The van der Waals surface area contributed by atoms with Gasteiger partial charge in [-0.2, -0.15) is 0 Å². The van der Waals surface area contributed by atoms with E-state index in [-0.39, 0.29) is 23.8 Å². The summed E-state index contributed by atoms with van der Waals surface area (Å²) in [5, 5.41) is 4.10. The third-order valence-electron chi connectivity index (χ3n) is 5.80. The number of hydrogen-bond acceptors (Lipinski definition) is 5. The lowest BCUT2D eigenvalue weighted by molar-refractivity contribution is -0.127. The summed E-state index contributed by atoms with van der Waals surface area (Å²) in [6.45, 7) is 13.3. The number of thiophene rings is 1. The molecule has 1 atom stereocenters. The van der Waals surface area contributed by atoms with Gasteiger partial charge in [-0.05, 0) is 52.0 Å². The van der Waals surface area contributed by atoms with Crippen LogP contribution in [-0.2, 0) is 4.79 Å². The molecule has 1 saturated heterocycles. The minimum absolute atomic E-state index is 0.00971. The van der Waals surface area contributed by atoms with E-state index in [4.69, 9.17) is 0 Å². The Morgan fingerprint density at radius 1 is 1.11 bits per heavy atom. The summed E-state index contributed by atoms with van der Waals surface area (Å²) in [6, 6.07) is 0.168. The topological polar surface area (TPSA) is 75.2 Å². The standard InChI is InChI=1S/C21H30N4O2S/c1-11(2)13(4)23-19(26)16-7-9-25(10-8-16)21(27)18-12(3)17-14(5)22-15(6)24-20(17)28-18/h11,13,16H,7-10H2,1-6H3,(H,23,26). The lowest BCUT2D eigenvalue weighted by Crippen LogP contribution is -2.45. The Hall–Kier alpha value is -2.02. The van der Waals surface area contributed by atoms with Gasteiger partial charge in [-0.25, -0.2) is 9.97 Å². The normalized spacial score (nSPS) is 16.6. The van der Waals surface area contributed by atoms with Gasteiger partial charge in [0, 0.05) is 36.1 Å². The predicted octanol–water partition coefficient (Wildman–Crippen LogP) is 3.63. The molecular weight excluding hydrogens is 372 g/mol. The van der Waals surface area contributed by atoms with Gasteiger partial charge in [-0.1, -0.05) is 13.8 Å². The second-order valence-corrected chi connectivity index (χ2v) is 9.20. The molecule has 2 aromatic rings. The molecule has 28 heavy (non-hydrogen) atoms. The predicted molar refractivity (Wildman–Crippen MR) is 113 cm³/mol. The number of fused-ring (bicyclic) bond motifs is 1. The molecule has 2 aromatic heterocycles. The Balaban J connectivity index is 1.69. The van der Waals surface area contributed by atoms with Crippen molar-refractivity contribution in [3.05, 3.63) is 22.0 Å². The summed E-state index contributed by atoms with van der Waals surface area (Å²) in [4.78, 5) is 38.0. The first-order valence-electron chi connectivity index (χ1n) is 10.0. The zero-order valence-corrected chi connectivity index (χ0v) is 18.4. The van der Waals surface area contributed by atoms with Crippen molar-refractivity contribution >= 4 is 33.4 Å². The van der Waals surface area contributed by atoms with Crippen LogP contribution in [0.2, 0.25) is 0 Å². The Morgan fingerprint density at radius 3 is 2.36 bits per heavy atom. The molecule has 0 radical (unpaired) electrons. The fourth-order valence-electron chi connectivity index (χ4n) is 3.67. The van der Waals surface area contributed by atoms with E-state index >= 15 is 0 Å². The van der Waals surface area contributed by atoms with Gasteiger partial charge in [-0.3, -0.25) is 9.59 Å². The van der Waals surface area contributed by atoms with Crippen LogP contribution in [0.1, 0.15) is 60.4 Å². The largest absolute Gasteiger partial charge is 0.353 e. The smallest absolute Gasteiger partial charge is 0.264 e. The van der Waals surface area contributed by atoms with E-state index in [1.165, 1.54) is 11.3 Å². The number of piperidine rings is 1. The van der Waals surface area contributed by atoms with E-state index in [9.17, 15) is 9.59 Å². The molecule has 152 valence electrons. The molecule has 1 fully saturated rings. The number of carbonyl (C=O) groups is 2. The first-order chi connectivity index (χ1) is 13.2. The average molecular weight is 403 g/mol. The highest BCUT2D eigenvalue weighted by Gasteiger charge is 2.30. The summed E-state index contributed by atoms with van der Waals surface area (Å²) < 4.78 is 0. The van der Waals surface area contributed by atoms with E-state index in [1.54, 1.807) is 0 Å². The first-order valence-corrected chi connectivity index (χ1v) is 10.8. The molecule has 0 saturated carbocycles. The Labute approximate surface area is 170 Å². The summed E-state index contributed by atoms with van der Waals surface area (Å²) >= 11 is 1.45. The lowest BCUT2D eigenvalue weighted by Gasteiger charge is -2.32. The molecule has 6 nitrogen and oxygen atoms in total. The molecule has 0 spiro atoms. The van der Waals surface area contributed by atoms with E-state index in [1.807, 2.05) is 32.6 Å². The molecule has 2 amide bonds. The van der Waals surface area contributed by atoms with Crippen molar-refractivity contribution in [2.75, 3.05) is 13.1 Å². The van der Waals surface area contributed by atoms with Crippen LogP contribution in [0.3, 0.4) is 0 Å². The highest BCUT2D eigenvalue weighted by atomic mass is 32.1. The van der Waals surface area contributed by atoms with Crippen LogP contribution in [-0.4, -0.2) is 45.8 Å². The third-order valence-corrected chi connectivity index (χ3v) is 6.97. The molecular formula is C21H30N4O2S. The molecule has 0 aromatic carbocycles. The maximum absolute atomic E-state index is 13.1. The quantitative estimate of drug-likeness (QED) is 0.847. The van der Waals surface area contributed by atoms with Crippen LogP contribution < -0.4 is 5.32 Å². The van der Waals surface area contributed by atoms with Gasteiger partial charge in [-0.15, -0.1) is 11.3 Å². The molecule has 3 heterocycles.